The average molecular weight is 94.2 g/mol. The number of aryl methyl sites for hydroxylation is 1. The lowest BCUT2D eigenvalue weighted by molar-refractivity contribution is 1.48. The molecule has 0 heteroatoms. The Morgan fingerprint density at radius 1 is 1.57 bits per heavy atom. The molecule has 0 amide bonds. The van der Waals surface area contributed by atoms with Gasteiger partial charge in [0.05, 0.1) is 2.74 Å². The van der Waals surface area contributed by atoms with Crippen LogP contribution in [0.1, 0.15) is 8.30 Å². The van der Waals surface area contributed by atoms with Gasteiger partial charge in [-0.2, -0.15) is 0 Å². The van der Waals surface area contributed by atoms with E-state index in [9.17, 15) is 0 Å². The molecule has 0 aliphatic carbocycles. The molecule has 0 N–H and O–H groups in total. The zero-order valence-electron chi connectivity index (χ0n) is 6.23. The van der Waals surface area contributed by atoms with Crippen molar-refractivity contribution in [1.29, 1.82) is 0 Å². The Hall–Kier alpha value is -0.780. The van der Waals surface area contributed by atoms with Crippen molar-refractivity contribution < 1.29 is 2.74 Å². The molecule has 1 aromatic carbocycles. The molecule has 0 atom stereocenters. The van der Waals surface area contributed by atoms with Gasteiger partial charge in [-0.05, 0) is 6.92 Å². The smallest absolute Gasteiger partial charge is 0.0622 e. The molecule has 0 saturated carbocycles. The van der Waals surface area contributed by atoms with E-state index in [2.05, 4.69) is 0 Å². The highest BCUT2D eigenvalue weighted by Gasteiger charge is 1.72. The zero-order valence-corrected chi connectivity index (χ0v) is 4.23. The Balaban J connectivity index is 3.25. The normalized spacial score (nSPS) is 12.7. The first-order valence-electron chi connectivity index (χ1n) is 3.24. The topological polar surface area (TPSA) is 0 Å². The molecule has 0 aliphatic heterocycles. The van der Waals surface area contributed by atoms with E-state index in [0.717, 1.165) is 5.56 Å². The van der Waals surface area contributed by atoms with Gasteiger partial charge >= 0.3 is 0 Å². The predicted octanol–water partition coefficient (Wildman–Crippen LogP) is 2.00. The van der Waals surface area contributed by atoms with E-state index in [0.29, 0.717) is 12.1 Å². The van der Waals surface area contributed by atoms with Crippen LogP contribution in [0.25, 0.3) is 0 Å². The van der Waals surface area contributed by atoms with E-state index in [4.69, 9.17) is 2.74 Å². The van der Waals surface area contributed by atoms with Crippen molar-refractivity contribution in [3.8, 4) is 0 Å². The van der Waals surface area contributed by atoms with Crippen LogP contribution in [0.4, 0.5) is 0 Å². The highest BCUT2D eigenvalue weighted by Crippen LogP contribution is 1.92. The highest BCUT2D eigenvalue weighted by molar-refractivity contribution is 5.11. The average Bonchev–Trinajstić information content (AvgIpc) is 1.83. The monoisotopic (exact) mass is 94.1 g/mol. The fourth-order valence-electron chi connectivity index (χ4n) is 0.438. The third kappa shape index (κ3) is 1.04. The second-order valence-electron chi connectivity index (χ2n) is 1.48. The third-order valence-corrected chi connectivity index (χ3v) is 0.795. The Kier molecular flexibility index (Phi) is 0.639. The molecule has 0 radical (unpaired) electrons. The fraction of sp³-hybridized carbons (Fsp3) is 0.143. The number of hydrogen-bond donors (Lipinski definition) is 0. The first-order chi connectivity index (χ1) is 4.22. The van der Waals surface area contributed by atoms with Gasteiger partial charge in [-0.15, -0.1) is 0 Å². The van der Waals surface area contributed by atoms with Crippen LogP contribution < -0.4 is 0 Å². The lowest BCUT2D eigenvalue weighted by Gasteiger charge is -1.82. The van der Waals surface area contributed by atoms with Crippen LogP contribution in [0, 0.1) is 6.92 Å². The zero-order chi connectivity index (χ0) is 6.85. The largest absolute Gasteiger partial charge is 0.0625 e. The van der Waals surface area contributed by atoms with Crippen LogP contribution >= 0.6 is 0 Å². The molecule has 0 spiro atoms. The van der Waals surface area contributed by atoms with Crippen LogP contribution in [0.15, 0.2) is 30.3 Å². The van der Waals surface area contributed by atoms with E-state index in [1.165, 1.54) is 0 Å². The lowest BCUT2D eigenvalue weighted by Crippen LogP contribution is -1.62. The van der Waals surface area contributed by atoms with Crippen molar-refractivity contribution in [1.82, 2.24) is 0 Å². The number of benzene rings is 1. The van der Waals surface area contributed by atoms with Gasteiger partial charge in [-0.3, -0.25) is 0 Å². The van der Waals surface area contributed by atoms with E-state index in [-0.39, 0.29) is 0 Å². The van der Waals surface area contributed by atoms with Gasteiger partial charge in [0.2, 0.25) is 0 Å². The molecule has 0 bridgehead atoms. The summed E-state index contributed by atoms with van der Waals surface area (Å²) in [6.07, 6.45) is 0. The van der Waals surface area contributed by atoms with Crippen LogP contribution in [0.2, 0.25) is 0 Å². The van der Waals surface area contributed by atoms with E-state index in [1.807, 2.05) is 13.0 Å². The van der Waals surface area contributed by atoms with E-state index >= 15 is 0 Å². The van der Waals surface area contributed by atoms with Gasteiger partial charge in [-0.1, -0.05) is 35.8 Å². The predicted molar refractivity (Wildman–Crippen MR) is 31.2 cm³/mol. The Bertz CT molecular complexity index is 198. The minimum absolute atomic E-state index is 0.301. The van der Waals surface area contributed by atoms with Crippen molar-refractivity contribution in [3.63, 3.8) is 0 Å². The Morgan fingerprint density at radius 2 is 2.43 bits per heavy atom. The summed E-state index contributed by atoms with van der Waals surface area (Å²) >= 11 is 0. The summed E-state index contributed by atoms with van der Waals surface area (Å²) in [4.78, 5) is 0. The fourth-order valence-corrected chi connectivity index (χ4v) is 0.438. The van der Waals surface area contributed by atoms with E-state index in [1.54, 1.807) is 12.1 Å². The maximum atomic E-state index is 7.26. The van der Waals surface area contributed by atoms with Crippen molar-refractivity contribution in [2.75, 3.05) is 0 Å². The van der Waals surface area contributed by atoms with Crippen molar-refractivity contribution in [3.05, 3.63) is 35.8 Å². The van der Waals surface area contributed by atoms with Crippen LogP contribution in [-0.2, 0) is 0 Å². The van der Waals surface area contributed by atoms with Crippen molar-refractivity contribution >= 4 is 0 Å². The van der Waals surface area contributed by atoms with Gasteiger partial charge in [0.15, 0.2) is 0 Å². The van der Waals surface area contributed by atoms with Gasteiger partial charge in [0.1, 0.15) is 0 Å². The summed E-state index contributed by atoms with van der Waals surface area (Å²) in [5.74, 6) is 0. The van der Waals surface area contributed by atoms with Crippen molar-refractivity contribution in [2.45, 2.75) is 6.92 Å². The minimum Gasteiger partial charge on any atom is -0.0622 e. The molecule has 0 heterocycles. The molecule has 0 aromatic heterocycles. The standard InChI is InChI=1S/C7H8/c1-7-5-3-2-4-6-7/h2-6H,1H3/i3D,5D. The molecule has 0 saturated heterocycles. The Labute approximate surface area is 46.6 Å². The molecular formula is C7H8. The summed E-state index contributed by atoms with van der Waals surface area (Å²) in [7, 11) is 0. The Morgan fingerprint density at radius 3 is 3.00 bits per heavy atom. The molecule has 1 aromatic rings. The maximum absolute atomic E-state index is 7.26. The number of rotatable bonds is 0. The first kappa shape index (κ1) is 2.51. The second-order valence-corrected chi connectivity index (χ2v) is 1.48. The molecular weight excluding hydrogens is 84.1 g/mol. The summed E-state index contributed by atoms with van der Waals surface area (Å²) in [5, 5.41) is 0. The molecule has 7 heavy (non-hydrogen) atoms. The molecule has 0 fully saturated rings. The molecule has 0 unspecified atom stereocenters. The van der Waals surface area contributed by atoms with Crippen LogP contribution in [-0.4, -0.2) is 0 Å². The van der Waals surface area contributed by atoms with Crippen LogP contribution in [0.3, 0.4) is 0 Å². The molecule has 0 aliphatic rings. The van der Waals surface area contributed by atoms with E-state index < -0.39 is 0 Å². The summed E-state index contributed by atoms with van der Waals surface area (Å²) < 4.78 is 14.4. The summed E-state index contributed by atoms with van der Waals surface area (Å²) in [6.45, 7) is 1.83. The minimum atomic E-state index is 0.301. The molecule has 1 rings (SSSR count). The molecule has 0 nitrogen and oxygen atoms in total. The SMILES string of the molecule is [2H]c1cccc(C)c1[2H]. The lowest BCUT2D eigenvalue weighted by atomic mass is 10.2. The summed E-state index contributed by atoms with van der Waals surface area (Å²) in [6, 6.07) is 5.87. The van der Waals surface area contributed by atoms with Gasteiger partial charge < -0.3 is 0 Å². The summed E-state index contributed by atoms with van der Waals surface area (Å²) in [5.41, 5.74) is 0.863. The van der Waals surface area contributed by atoms with Crippen LogP contribution in [0.5, 0.6) is 0 Å². The quantitative estimate of drug-likeness (QED) is 0.461. The number of hydrogen-bond acceptors (Lipinski definition) is 0. The highest BCUT2D eigenvalue weighted by atomic mass is 13.8. The van der Waals surface area contributed by atoms with Gasteiger partial charge in [0, 0.05) is 0 Å². The maximum Gasteiger partial charge on any atom is 0.0625 e. The third-order valence-electron chi connectivity index (χ3n) is 0.795. The second kappa shape index (κ2) is 1.78. The van der Waals surface area contributed by atoms with Gasteiger partial charge in [0.25, 0.3) is 0 Å². The van der Waals surface area contributed by atoms with Gasteiger partial charge in [-0.25, -0.2) is 0 Å². The first-order valence-corrected chi connectivity index (χ1v) is 2.24. The molecule has 36 valence electrons. The van der Waals surface area contributed by atoms with Crippen molar-refractivity contribution in [2.24, 2.45) is 0 Å².